The van der Waals surface area contributed by atoms with E-state index >= 15 is 0 Å². The van der Waals surface area contributed by atoms with E-state index in [4.69, 9.17) is 19.3 Å². The molecule has 0 saturated carbocycles. The fourth-order valence-electron chi connectivity index (χ4n) is 1.17. The molecule has 1 unspecified atom stereocenters. The molecular formula is C11H22N2O6. The normalized spacial score (nSPS) is 11.9. The van der Waals surface area contributed by atoms with Crippen LogP contribution in [0.15, 0.2) is 0 Å². The zero-order valence-electron chi connectivity index (χ0n) is 11.3. The largest absolute Gasteiger partial charge is 0.480 e. The molecule has 19 heavy (non-hydrogen) atoms. The molecule has 0 aliphatic rings. The number of hydrogen-bond donors (Lipinski definition) is 3. The van der Waals surface area contributed by atoms with Crippen molar-refractivity contribution in [3.63, 3.8) is 0 Å². The molecule has 0 aliphatic carbocycles. The quantitative estimate of drug-likeness (QED) is 0.437. The highest BCUT2D eigenvalue weighted by molar-refractivity contribution is 5.82. The summed E-state index contributed by atoms with van der Waals surface area (Å²) in [4.78, 5) is 22.1. The number of carboxylic acid groups (broad SMARTS) is 1. The summed E-state index contributed by atoms with van der Waals surface area (Å²) in [6.45, 7) is 1.87. The number of rotatable bonds is 11. The van der Waals surface area contributed by atoms with Crippen molar-refractivity contribution >= 4 is 12.0 Å². The second-order valence-electron chi connectivity index (χ2n) is 3.71. The topological polar surface area (TPSA) is 106 Å². The van der Waals surface area contributed by atoms with Gasteiger partial charge in [0.05, 0.1) is 19.8 Å². The second kappa shape index (κ2) is 11.7. The molecule has 0 spiro atoms. The summed E-state index contributed by atoms with van der Waals surface area (Å²) in [5, 5.41) is 13.6. The molecular weight excluding hydrogens is 256 g/mol. The molecule has 0 aromatic rings. The molecule has 2 amide bonds. The summed E-state index contributed by atoms with van der Waals surface area (Å²) in [6.07, 6.45) is 0.638. The molecule has 8 nitrogen and oxygen atoms in total. The summed E-state index contributed by atoms with van der Waals surface area (Å²) in [7, 11) is 2.96. The van der Waals surface area contributed by atoms with Crippen molar-refractivity contribution < 1.29 is 28.9 Å². The first-order valence-electron chi connectivity index (χ1n) is 5.94. The number of carbonyl (C=O) groups excluding carboxylic acids is 1. The van der Waals surface area contributed by atoms with Crippen LogP contribution in [0.5, 0.6) is 0 Å². The number of urea groups is 1. The average Bonchev–Trinajstić information content (AvgIpc) is 2.37. The fraction of sp³-hybridized carbons (Fsp3) is 0.818. The predicted octanol–water partition coefficient (Wildman–Crippen LogP) is -0.562. The molecule has 0 radical (unpaired) electrons. The van der Waals surface area contributed by atoms with Gasteiger partial charge in [-0.15, -0.1) is 0 Å². The molecule has 0 saturated heterocycles. The van der Waals surface area contributed by atoms with E-state index in [-0.39, 0.29) is 6.61 Å². The van der Waals surface area contributed by atoms with Crippen LogP contribution in [-0.4, -0.2) is 70.3 Å². The number of methoxy groups -OCH3 is 2. The third kappa shape index (κ3) is 10.2. The third-order valence-electron chi connectivity index (χ3n) is 2.12. The fourth-order valence-corrected chi connectivity index (χ4v) is 1.17. The number of nitrogens with one attached hydrogen (secondary N) is 2. The lowest BCUT2D eigenvalue weighted by Crippen LogP contribution is -2.48. The van der Waals surface area contributed by atoms with Gasteiger partial charge in [0.2, 0.25) is 0 Å². The predicted molar refractivity (Wildman–Crippen MR) is 67.1 cm³/mol. The van der Waals surface area contributed by atoms with Crippen LogP contribution in [0.4, 0.5) is 4.79 Å². The number of aliphatic carboxylic acids is 1. The minimum Gasteiger partial charge on any atom is -0.480 e. The van der Waals surface area contributed by atoms with Crippen LogP contribution >= 0.6 is 0 Å². The Bertz CT molecular complexity index is 262. The number of amides is 2. The zero-order chi connectivity index (χ0) is 14.5. The van der Waals surface area contributed by atoms with E-state index in [1.165, 1.54) is 7.11 Å². The van der Waals surface area contributed by atoms with Crippen molar-refractivity contribution in [2.45, 2.75) is 12.5 Å². The standard InChI is InChI=1S/C11H22N2O6/c1-17-6-7-19-5-3-4-12-11(16)13-9(8-18-2)10(14)15/h9H,3-8H2,1-2H3,(H,14,15)(H2,12,13,16). The maximum atomic E-state index is 11.4. The van der Waals surface area contributed by atoms with Crippen molar-refractivity contribution in [3.8, 4) is 0 Å². The van der Waals surface area contributed by atoms with Gasteiger partial charge in [0.25, 0.3) is 0 Å². The van der Waals surface area contributed by atoms with Gasteiger partial charge in [0, 0.05) is 27.4 Å². The molecule has 1 atom stereocenters. The molecule has 3 N–H and O–H groups in total. The van der Waals surface area contributed by atoms with Gasteiger partial charge >= 0.3 is 12.0 Å². The Labute approximate surface area is 112 Å². The maximum absolute atomic E-state index is 11.4. The Morgan fingerprint density at radius 1 is 1.16 bits per heavy atom. The number of ether oxygens (including phenoxy) is 3. The van der Waals surface area contributed by atoms with E-state index < -0.39 is 18.0 Å². The highest BCUT2D eigenvalue weighted by Gasteiger charge is 2.19. The molecule has 8 heteroatoms. The monoisotopic (exact) mass is 278 g/mol. The first-order valence-corrected chi connectivity index (χ1v) is 5.94. The van der Waals surface area contributed by atoms with Gasteiger partial charge in [-0.2, -0.15) is 0 Å². The summed E-state index contributed by atoms with van der Waals surface area (Å²) in [5.41, 5.74) is 0. The van der Waals surface area contributed by atoms with Crippen molar-refractivity contribution in [1.29, 1.82) is 0 Å². The smallest absolute Gasteiger partial charge is 0.328 e. The van der Waals surface area contributed by atoms with Gasteiger partial charge in [-0.3, -0.25) is 0 Å². The van der Waals surface area contributed by atoms with Crippen LogP contribution in [0.25, 0.3) is 0 Å². The minimum absolute atomic E-state index is 0.0805. The molecule has 112 valence electrons. The third-order valence-corrected chi connectivity index (χ3v) is 2.12. The van der Waals surface area contributed by atoms with Gasteiger partial charge in [-0.1, -0.05) is 0 Å². The Morgan fingerprint density at radius 3 is 2.47 bits per heavy atom. The van der Waals surface area contributed by atoms with E-state index in [1.807, 2.05) is 0 Å². The van der Waals surface area contributed by atoms with Crippen LogP contribution in [-0.2, 0) is 19.0 Å². The summed E-state index contributed by atoms with van der Waals surface area (Å²) < 4.78 is 14.7. The lowest BCUT2D eigenvalue weighted by molar-refractivity contribution is -0.140. The van der Waals surface area contributed by atoms with Crippen LogP contribution in [0.2, 0.25) is 0 Å². The Balaban J connectivity index is 3.60. The van der Waals surface area contributed by atoms with Crippen molar-refractivity contribution in [3.05, 3.63) is 0 Å². The van der Waals surface area contributed by atoms with Gasteiger partial charge in [0.15, 0.2) is 6.04 Å². The lowest BCUT2D eigenvalue weighted by atomic mass is 10.3. The van der Waals surface area contributed by atoms with E-state index in [1.54, 1.807) is 7.11 Å². The maximum Gasteiger partial charge on any atom is 0.328 e. The van der Waals surface area contributed by atoms with Crippen LogP contribution in [0.3, 0.4) is 0 Å². The molecule has 0 rings (SSSR count). The number of carboxylic acids is 1. The molecule has 0 aliphatic heterocycles. The van der Waals surface area contributed by atoms with Crippen LogP contribution < -0.4 is 10.6 Å². The van der Waals surface area contributed by atoms with Crippen molar-refractivity contribution in [2.24, 2.45) is 0 Å². The highest BCUT2D eigenvalue weighted by atomic mass is 16.5. The highest BCUT2D eigenvalue weighted by Crippen LogP contribution is 1.86. The molecule has 0 fully saturated rings. The number of hydrogen-bond acceptors (Lipinski definition) is 5. The van der Waals surface area contributed by atoms with Gasteiger partial charge in [-0.25, -0.2) is 9.59 Å². The number of carbonyl (C=O) groups is 2. The minimum atomic E-state index is -1.14. The summed E-state index contributed by atoms with van der Waals surface area (Å²) in [6, 6.07) is -1.59. The first-order chi connectivity index (χ1) is 9.11. The molecule has 0 heterocycles. The van der Waals surface area contributed by atoms with Gasteiger partial charge < -0.3 is 30.0 Å². The molecule has 0 aromatic carbocycles. The van der Waals surface area contributed by atoms with Crippen LogP contribution in [0.1, 0.15) is 6.42 Å². The van der Waals surface area contributed by atoms with E-state index in [0.717, 1.165) is 0 Å². The van der Waals surface area contributed by atoms with Gasteiger partial charge in [0.1, 0.15) is 0 Å². The summed E-state index contributed by atoms with van der Waals surface area (Å²) >= 11 is 0. The Hall–Kier alpha value is -1.38. The van der Waals surface area contributed by atoms with E-state index in [0.29, 0.717) is 32.8 Å². The SMILES string of the molecule is COCCOCCCNC(=O)NC(COC)C(=O)O. The van der Waals surface area contributed by atoms with E-state index in [2.05, 4.69) is 10.6 Å². The Kier molecular flexibility index (Phi) is 10.8. The van der Waals surface area contributed by atoms with Gasteiger partial charge in [-0.05, 0) is 6.42 Å². The Morgan fingerprint density at radius 2 is 1.89 bits per heavy atom. The van der Waals surface area contributed by atoms with Crippen molar-refractivity contribution in [2.75, 3.05) is 47.2 Å². The van der Waals surface area contributed by atoms with Crippen molar-refractivity contribution in [1.82, 2.24) is 10.6 Å². The zero-order valence-corrected chi connectivity index (χ0v) is 11.3. The lowest BCUT2D eigenvalue weighted by Gasteiger charge is -2.14. The average molecular weight is 278 g/mol. The van der Waals surface area contributed by atoms with Crippen LogP contribution in [0, 0.1) is 0 Å². The summed E-state index contributed by atoms with van der Waals surface area (Å²) in [5.74, 6) is -1.14. The molecule has 0 aromatic heterocycles. The molecule has 0 bridgehead atoms. The van der Waals surface area contributed by atoms with E-state index in [9.17, 15) is 9.59 Å². The second-order valence-corrected chi connectivity index (χ2v) is 3.71. The first kappa shape index (κ1) is 17.6.